The molecule has 12 atom stereocenters. The molecule has 9 N–H and O–H groups in total. The third-order valence-electron chi connectivity index (χ3n) is 14.3. The summed E-state index contributed by atoms with van der Waals surface area (Å²) in [5, 5.41) is 87.0. The lowest BCUT2D eigenvalue weighted by Crippen LogP contribution is -2.65. The Morgan fingerprint density at radius 3 is 1.41 bits per heavy atom. The molecule has 2 saturated heterocycles. The van der Waals surface area contributed by atoms with Gasteiger partial charge in [0.2, 0.25) is 5.91 Å². The number of rotatable bonds is 47. The highest BCUT2D eigenvalue weighted by Gasteiger charge is 2.51. The summed E-state index contributed by atoms with van der Waals surface area (Å²) in [4.78, 5) is 13.2. The van der Waals surface area contributed by atoms with Crippen molar-refractivity contribution in [1.82, 2.24) is 5.32 Å². The smallest absolute Gasteiger partial charge is 0.220 e. The number of ether oxygens (including phenoxy) is 4. The number of carbonyl (C=O) groups is 1. The molecule has 0 aliphatic carbocycles. The number of aliphatic hydroxyl groups is 8. The van der Waals surface area contributed by atoms with Crippen molar-refractivity contribution in [1.29, 1.82) is 0 Å². The molecule has 448 valence electrons. The average molecular weight is 1100 g/mol. The van der Waals surface area contributed by atoms with Crippen LogP contribution in [0.4, 0.5) is 0 Å². The predicted octanol–water partition coefficient (Wildman–Crippen LogP) is 10.7. The van der Waals surface area contributed by atoms with E-state index in [1.807, 2.05) is 6.08 Å². The van der Waals surface area contributed by atoms with Crippen molar-refractivity contribution in [2.24, 2.45) is 0 Å². The van der Waals surface area contributed by atoms with E-state index in [1.165, 1.54) is 96.3 Å². The topological polar surface area (TPSA) is 228 Å². The molecule has 14 nitrogen and oxygen atoms in total. The Bertz CT molecular complexity index is 1680. The Kier molecular flexibility index (Phi) is 44.3. The molecule has 0 saturated carbocycles. The van der Waals surface area contributed by atoms with Gasteiger partial charge in [-0.3, -0.25) is 4.79 Å². The molecule has 14 heteroatoms. The van der Waals surface area contributed by atoms with Crippen LogP contribution in [-0.4, -0.2) is 140 Å². The van der Waals surface area contributed by atoms with E-state index in [2.05, 4.69) is 104 Å². The fraction of sp³-hybridized carbons (Fsp3) is 0.734. The molecule has 0 radical (unpaired) electrons. The van der Waals surface area contributed by atoms with E-state index in [0.29, 0.717) is 12.8 Å². The minimum atomic E-state index is -1.79. The number of aliphatic hydroxyl groups excluding tert-OH is 8. The normalized spacial score (nSPS) is 25.3. The van der Waals surface area contributed by atoms with Crippen LogP contribution >= 0.6 is 0 Å². The maximum atomic E-state index is 13.2. The van der Waals surface area contributed by atoms with Crippen molar-refractivity contribution in [2.75, 3.05) is 19.8 Å². The van der Waals surface area contributed by atoms with Crippen LogP contribution in [-0.2, 0) is 23.7 Å². The van der Waals surface area contributed by atoms with Gasteiger partial charge in [-0.15, -0.1) is 0 Å². The Hall–Kier alpha value is -3.09. The number of amides is 1. The second-order valence-corrected chi connectivity index (χ2v) is 21.1. The number of hydrogen-bond acceptors (Lipinski definition) is 13. The van der Waals surface area contributed by atoms with Crippen LogP contribution < -0.4 is 5.32 Å². The molecule has 12 unspecified atom stereocenters. The van der Waals surface area contributed by atoms with E-state index in [9.17, 15) is 45.6 Å². The van der Waals surface area contributed by atoms with Crippen LogP contribution in [0.25, 0.3) is 0 Å². The van der Waals surface area contributed by atoms with Gasteiger partial charge in [0.05, 0.1) is 32.0 Å². The number of carbonyl (C=O) groups excluding carboxylic acids is 1. The highest BCUT2D eigenvalue weighted by Crippen LogP contribution is 2.30. The van der Waals surface area contributed by atoms with Gasteiger partial charge in [0.1, 0.15) is 48.8 Å². The van der Waals surface area contributed by atoms with Gasteiger partial charge < -0.3 is 65.1 Å². The fourth-order valence-corrected chi connectivity index (χ4v) is 9.37. The van der Waals surface area contributed by atoms with E-state index in [-0.39, 0.29) is 18.9 Å². The van der Waals surface area contributed by atoms with E-state index >= 15 is 0 Å². The van der Waals surface area contributed by atoms with Gasteiger partial charge in [-0.2, -0.15) is 0 Å². The van der Waals surface area contributed by atoms with Gasteiger partial charge in [-0.05, 0) is 83.5 Å². The number of allylic oxidation sites excluding steroid dienone is 15. The highest BCUT2D eigenvalue weighted by molar-refractivity contribution is 5.76. The molecular weight excluding hydrogens is 991 g/mol. The second-order valence-electron chi connectivity index (χ2n) is 21.1. The fourth-order valence-electron chi connectivity index (χ4n) is 9.37. The van der Waals surface area contributed by atoms with Gasteiger partial charge in [-0.25, -0.2) is 0 Å². The molecule has 2 aliphatic heterocycles. The summed E-state index contributed by atoms with van der Waals surface area (Å²) in [6.07, 6.45) is 50.3. The van der Waals surface area contributed by atoms with Crippen molar-refractivity contribution in [2.45, 2.75) is 280 Å². The van der Waals surface area contributed by atoms with Gasteiger partial charge in [0, 0.05) is 6.42 Å². The minimum Gasteiger partial charge on any atom is -0.394 e. The summed E-state index contributed by atoms with van der Waals surface area (Å²) in [6.45, 7) is 2.64. The first-order valence-electron chi connectivity index (χ1n) is 30.5. The molecule has 2 aliphatic rings. The zero-order valence-electron chi connectivity index (χ0n) is 48.1. The summed E-state index contributed by atoms with van der Waals surface area (Å²) in [5.41, 5.74) is 0. The van der Waals surface area contributed by atoms with E-state index in [0.717, 1.165) is 77.0 Å². The third-order valence-corrected chi connectivity index (χ3v) is 14.3. The van der Waals surface area contributed by atoms with E-state index in [4.69, 9.17) is 18.9 Å². The molecule has 2 fully saturated rings. The van der Waals surface area contributed by atoms with Crippen LogP contribution in [0.1, 0.15) is 206 Å². The minimum absolute atomic E-state index is 0.256. The Morgan fingerprint density at radius 2 is 0.897 bits per heavy atom. The Morgan fingerprint density at radius 1 is 0.474 bits per heavy atom. The molecule has 78 heavy (non-hydrogen) atoms. The lowest BCUT2D eigenvalue weighted by molar-refractivity contribution is -0.359. The van der Waals surface area contributed by atoms with E-state index < -0.39 is 86.8 Å². The molecule has 0 bridgehead atoms. The maximum Gasteiger partial charge on any atom is 0.220 e. The molecule has 2 rings (SSSR count). The van der Waals surface area contributed by atoms with Crippen molar-refractivity contribution < 1.29 is 64.6 Å². The summed E-state index contributed by atoms with van der Waals surface area (Å²) in [5.74, 6) is -0.256. The number of nitrogens with one attached hydrogen (secondary N) is 1. The number of unbranched alkanes of at least 4 members (excludes halogenated alkanes) is 20. The first kappa shape index (κ1) is 71.0. The monoisotopic (exact) mass is 1100 g/mol. The first-order valence-corrected chi connectivity index (χ1v) is 30.5. The molecule has 0 aromatic rings. The largest absolute Gasteiger partial charge is 0.394 e. The van der Waals surface area contributed by atoms with Crippen molar-refractivity contribution in [3.05, 3.63) is 97.2 Å². The van der Waals surface area contributed by atoms with Gasteiger partial charge in [-0.1, -0.05) is 214 Å². The Labute approximate surface area is 471 Å². The summed E-state index contributed by atoms with van der Waals surface area (Å²) >= 11 is 0. The van der Waals surface area contributed by atoms with E-state index in [1.54, 1.807) is 6.08 Å². The predicted molar refractivity (Wildman–Crippen MR) is 313 cm³/mol. The van der Waals surface area contributed by atoms with Crippen LogP contribution in [0.3, 0.4) is 0 Å². The van der Waals surface area contributed by atoms with Gasteiger partial charge >= 0.3 is 0 Å². The Balaban J connectivity index is 1.69. The van der Waals surface area contributed by atoms with Crippen molar-refractivity contribution in [3.8, 4) is 0 Å². The summed E-state index contributed by atoms with van der Waals surface area (Å²) in [7, 11) is 0. The highest BCUT2D eigenvalue weighted by atomic mass is 16.7. The van der Waals surface area contributed by atoms with Crippen LogP contribution in [0.5, 0.6) is 0 Å². The maximum absolute atomic E-state index is 13.2. The molecule has 0 aromatic carbocycles. The van der Waals surface area contributed by atoms with Crippen LogP contribution in [0, 0.1) is 0 Å². The third kappa shape index (κ3) is 33.6. The lowest BCUT2D eigenvalue weighted by atomic mass is 9.97. The van der Waals surface area contributed by atoms with Crippen molar-refractivity contribution >= 4 is 5.91 Å². The summed E-state index contributed by atoms with van der Waals surface area (Å²) < 4.78 is 22.7. The summed E-state index contributed by atoms with van der Waals surface area (Å²) in [6, 6.07) is -0.937. The zero-order valence-corrected chi connectivity index (χ0v) is 48.1. The second kappa shape index (κ2) is 48.6. The molecule has 0 spiro atoms. The van der Waals surface area contributed by atoms with Crippen LogP contribution in [0.2, 0.25) is 0 Å². The molecule has 2 heterocycles. The molecule has 0 aromatic heterocycles. The molecular formula is C64H109NO13. The standard InChI is InChI=1S/C64H109NO13/c1-3-5-7-9-11-13-15-17-18-19-20-21-22-23-24-25-26-27-28-29-30-31-32-33-34-36-38-40-42-44-46-48-56(69)65-52(53(68)47-45-43-41-39-37-35-16-14-12-10-8-6-4-2)51-75-63-61(74)59(72)62(55(50-67)77-63)78-64-60(73)58(71)57(70)54(49-66)76-64/h5,7,11,13,17-18,20-21,23-24,26-27,37,39,45,47,52-55,57-64,66-68,70-74H,3-4,6,8-10,12,14-16,19,22,25,28-36,38,40-44,46,48-51H2,1-2H3,(H,65,69)/b7-5-,13-11-,18-17-,21-20-,24-23-,27-26-,39-37+,47-45+. The molecule has 1 amide bonds. The average Bonchev–Trinajstić information content (AvgIpc) is 3.47. The number of hydrogen-bond donors (Lipinski definition) is 9. The first-order chi connectivity index (χ1) is 38.1. The van der Waals surface area contributed by atoms with Gasteiger partial charge in [0.25, 0.3) is 0 Å². The van der Waals surface area contributed by atoms with Gasteiger partial charge in [0.15, 0.2) is 12.6 Å². The lowest BCUT2D eigenvalue weighted by Gasteiger charge is -2.46. The van der Waals surface area contributed by atoms with Crippen LogP contribution in [0.15, 0.2) is 97.2 Å². The quantitative estimate of drug-likeness (QED) is 0.0204. The van der Waals surface area contributed by atoms with Crippen molar-refractivity contribution in [3.63, 3.8) is 0 Å². The zero-order chi connectivity index (χ0) is 56.7. The SMILES string of the molecule is CC/C=C\C/C=C\C/C=C\C/C=C\C/C=C\C/C=C\CCCCCCCCCCCCCCC(=O)NC(COC1OC(CO)C(OC2OC(CO)C(O)C(O)C2O)C(O)C1O)C(O)/C=C/CC/C=C/CCCCCCCCC.